The minimum absolute atomic E-state index is 0.112. The number of benzene rings is 1. The maximum absolute atomic E-state index is 12.7. The van der Waals surface area contributed by atoms with Gasteiger partial charge in [0, 0.05) is 12.6 Å². The average molecular weight is 185 g/mol. The third-order valence-electron chi connectivity index (χ3n) is 1.45. The zero-order valence-corrected chi connectivity index (χ0v) is 7.01. The minimum atomic E-state index is -0.938. The third-order valence-corrected chi connectivity index (χ3v) is 1.45. The Kier molecular flexibility index (Phi) is 2.79. The number of halogens is 2. The molecule has 0 bridgehead atoms. The number of nitrogens with two attached hydrogens (primary N) is 1. The van der Waals surface area contributed by atoms with Crippen molar-refractivity contribution in [3.05, 3.63) is 35.4 Å². The molecular formula is C8H9F2N3. The van der Waals surface area contributed by atoms with Gasteiger partial charge in [-0.05, 0) is 18.2 Å². The van der Waals surface area contributed by atoms with Crippen LogP contribution in [-0.4, -0.2) is 12.9 Å². The van der Waals surface area contributed by atoms with E-state index >= 15 is 0 Å². The molecule has 70 valence electrons. The van der Waals surface area contributed by atoms with Crippen LogP contribution in [0.3, 0.4) is 0 Å². The van der Waals surface area contributed by atoms with Gasteiger partial charge in [0.25, 0.3) is 0 Å². The number of hydrazone groups is 1. The normalized spacial score (nSPS) is 11.5. The van der Waals surface area contributed by atoms with Crippen LogP contribution in [0.5, 0.6) is 0 Å². The number of amidine groups is 1. The van der Waals surface area contributed by atoms with Crippen LogP contribution >= 0.6 is 0 Å². The molecular weight excluding hydrogens is 176 g/mol. The van der Waals surface area contributed by atoms with Crippen LogP contribution in [0.4, 0.5) is 8.78 Å². The molecule has 3 nitrogen and oxygen atoms in total. The highest BCUT2D eigenvalue weighted by Gasteiger charge is 2.04. The number of rotatable bonds is 2. The molecule has 0 unspecified atom stereocenters. The van der Waals surface area contributed by atoms with Crippen molar-refractivity contribution >= 4 is 5.84 Å². The smallest absolute Gasteiger partial charge is 0.159 e. The molecule has 3 N–H and O–H groups in total. The van der Waals surface area contributed by atoms with E-state index in [0.29, 0.717) is 5.56 Å². The number of nitrogens with zero attached hydrogens (tertiary/aromatic N) is 1. The number of hydrogen-bond acceptors (Lipinski definition) is 2. The summed E-state index contributed by atoms with van der Waals surface area (Å²) < 4.78 is 25.2. The van der Waals surface area contributed by atoms with Gasteiger partial charge in [-0.3, -0.25) is 0 Å². The van der Waals surface area contributed by atoms with E-state index in [1.165, 1.54) is 6.07 Å². The zero-order chi connectivity index (χ0) is 9.84. The van der Waals surface area contributed by atoms with Crippen molar-refractivity contribution in [2.75, 3.05) is 7.05 Å². The van der Waals surface area contributed by atoms with Gasteiger partial charge in [-0.15, -0.1) is 0 Å². The maximum Gasteiger partial charge on any atom is 0.159 e. The second-order valence-electron chi connectivity index (χ2n) is 2.35. The molecule has 0 atom stereocenters. The fraction of sp³-hybridized carbons (Fsp3) is 0.125. The lowest BCUT2D eigenvalue weighted by atomic mass is 10.2. The van der Waals surface area contributed by atoms with E-state index in [9.17, 15) is 8.78 Å². The Morgan fingerprint density at radius 3 is 2.62 bits per heavy atom. The number of nitrogens with one attached hydrogen (secondary N) is 1. The Hall–Kier alpha value is -1.65. The Bertz CT molecular complexity index is 336. The Morgan fingerprint density at radius 2 is 2.08 bits per heavy atom. The summed E-state index contributed by atoms with van der Waals surface area (Å²) in [4.78, 5) is 0. The van der Waals surface area contributed by atoms with E-state index < -0.39 is 11.6 Å². The van der Waals surface area contributed by atoms with E-state index in [-0.39, 0.29) is 5.84 Å². The fourth-order valence-electron chi connectivity index (χ4n) is 0.840. The average Bonchev–Trinajstić information content (AvgIpc) is 2.10. The Morgan fingerprint density at radius 1 is 1.38 bits per heavy atom. The molecule has 5 heteroatoms. The molecule has 1 aromatic rings. The van der Waals surface area contributed by atoms with Gasteiger partial charge >= 0.3 is 0 Å². The molecule has 0 heterocycles. The van der Waals surface area contributed by atoms with E-state index in [0.717, 1.165) is 12.1 Å². The van der Waals surface area contributed by atoms with Gasteiger partial charge in [-0.2, -0.15) is 5.10 Å². The standard InChI is InChI=1S/C8H9F2N3/c1-12-13-8(11)5-2-3-6(9)7(10)4-5/h2-4,12H,1H3,(H2,11,13). The molecule has 0 saturated heterocycles. The van der Waals surface area contributed by atoms with Crippen molar-refractivity contribution in [3.8, 4) is 0 Å². The second kappa shape index (κ2) is 3.84. The summed E-state index contributed by atoms with van der Waals surface area (Å²) in [6.07, 6.45) is 0. The quantitative estimate of drug-likeness (QED) is 0.407. The van der Waals surface area contributed by atoms with Gasteiger partial charge in [-0.25, -0.2) is 8.78 Å². The molecule has 0 aromatic heterocycles. The molecule has 0 fully saturated rings. The van der Waals surface area contributed by atoms with E-state index in [4.69, 9.17) is 5.73 Å². The molecule has 0 aliphatic heterocycles. The first kappa shape index (κ1) is 9.44. The van der Waals surface area contributed by atoms with Crippen molar-refractivity contribution in [2.24, 2.45) is 10.8 Å². The molecule has 13 heavy (non-hydrogen) atoms. The molecule has 0 saturated carbocycles. The molecule has 0 amide bonds. The summed E-state index contributed by atoms with van der Waals surface area (Å²) in [5.41, 5.74) is 8.21. The van der Waals surface area contributed by atoms with Crippen LogP contribution < -0.4 is 11.2 Å². The van der Waals surface area contributed by atoms with Gasteiger partial charge in [0.2, 0.25) is 0 Å². The predicted molar refractivity (Wildman–Crippen MR) is 46.1 cm³/mol. The maximum atomic E-state index is 12.7. The lowest BCUT2D eigenvalue weighted by molar-refractivity contribution is 0.508. The summed E-state index contributed by atoms with van der Waals surface area (Å²) in [6.45, 7) is 0. The van der Waals surface area contributed by atoms with Gasteiger partial charge in [-0.1, -0.05) is 0 Å². The molecule has 1 rings (SSSR count). The van der Waals surface area contributed by atoms with Crippen molar-refractivity contribution in [1.29, 1.82) is 0 Å². The Labute approximate surface area is 74.2 Å². The first-order chi connectivity index (χ1) is 6.15. The first-order valence-electron chi connectivity index (χ1n) is 3.60. The molecule has 0 spiro atoms. The van der Waals surface area contributed by atoms with Crippen molar-refractivity contribution in [1.82, 2.24) is 5.43 Å². The van der Waals surface area contributed by atoms with Crippen LogP contribution in [0.2, 0.25) is 0 Å². The Balaban J connectivity index is 3.04. The SMILES string of the molecule is CN/N=C(\N)c1ccc(F)c(F)c1. The van der Waals surface area contributed by atoms with Crippen LogP contribution in [0.15, 0.2) is 23.3 Å². The molecule has 0 radical (unpaired) electrons. The van der Waals surface area contributed by atoms with Gasteiger partial charge in [0.1, 0.15) is 0 Å². The van der Waals surface area contributed by atoms with Crippen LogP contribution in [0.1, 0.15) is 5.56 Å². The molecule has 1 aromatic carbocycles. The van der Waals surface area contributed by atoms with Crippen LogP contribution in [0.25, 0.3) is 0 Å². The molecule has 0 aliphatic carbocycles. The van der Waals surface area contributed by atoms with Crippen LogP contribution in [-0.2, 0) is 0 Å². The largest absolute Gasteiger partial charge is 0.382 e. The number of hydrogen-bond donors (Lipinski definition) is 2. The monoisotopic (exact) mass is 185 g/mol. The fourth-order valence-corrected chi connectivity index (χ4v) is 0.840. The third kappa shape index (κ3) is 2.14. The highest BCUT2D eigenvalue weighted by molar-refractivity contribution is 5.97. The lowest BCUT2D eigenvalue weighted by Crippen LogP contribution is -2.17. The topological polar surface area (TPSA) is 50.4 Å². The summed E-state index contributed by atoms with van der Waals surface area (Å²) >= 11 is 0. The van der Waals surface area contributed by atoms with Gasteiger partial charge in [0.15, 0.2) is 17.5 Å². The van der Waals surface area contributed by atoms with Gasteiger partial charge < -0.3 is 11.2 Å². The lowest BCUT2D eigenvalue weighted by Gasteiger charge is -2.00. The summed E-state index contributed by atoms with van der Waals surface area (Å²) in [5, 5.41) is 3.62. The van der Waals surface area contributed by atoms with Crippen molar-refractivity contribution < 1.29 is 8.78 Å². The van der Waals surface area contributed by atoms with E-state index in [1.807, 2.05) is 0 Å². The summed E-state index contributed by atoms with van der Waals surface area (Å²) in [5.74, 6) is -1.73. The zero-order valence-electron chi connectivity index (χ0n) is 7.01. The van der Waals surface area contributed by atoms with E-state index in [1.54, 1.807) is 7.05 Å². The van der Waals surface area contributed by atoms with Crippen molar-refractivity contribution in [3.63, 3.8) is 0 Å². The summed E-state index contributed by atoms with van der Waals surface area (Å²) in [6, 6.07) is 3.35. The minimum Gasteiger partial charge on any atom is -0.382 e. The summed E-state index contributed by atoms with van der Waals surface area (Å²) in [7, 11) is 1.56. The highest BCUT2D eigenvalue weighted by atomic mass is 19.2. The molecule has 0 aliphatic rings. The van der Waals surface area contributed by atoms with Crippen LogP contribution in [0, 0.1) is 11.6 Å². The highest BCUT2D eigenvalue weighted by Crippen LogP contribution is 2.07. The second-order valence-corrected chi connectivity index (χ2v) is 2.35. The first-order valence-corrected chi connectivity index (χ1v) is 3.60. The van der Waals surface area contributed by atoms with Gasteiger partial charge in [0.05, 0.1) is 0 Å². The van der Waals surface area contributed by atoms with Crippen molar-refractivity contribution in [2.45, 2.75) is 0 Å². The predicted octanol–water partition coefficient (Wildman–Crippen LogP) is 0.805. The van der Waals surface area contributed by atoms with E-state index in [2.05, 4.69) is 10.5 Å².